The summed E-state index contributed by atoms with van der Waals surface area (Å²) in [5.74, 6) is -0.353. The fourth-order valence-corrected chi connectivity index (χ4v) is 1.88. The molecule has 1 amide bonds. The Balaban J connectivity index is 4.55. The van der Waals surface area contributed by atoms with Crippen LogP contribution in [0.4, 0.5) is 0 Å². The van der Waals surface area contributed by atoms with Crippen molar-refractivity contribution in [3.63, 3.8) is 0 Å². The van der Waals surface area contributed by atoms with Gasteiger partial charge in [-0.15, -0.1) is 0 Å². The summed E-state index contributed by atoms with van der Waals surface area (Å²) in [6.07, 6.45) is 0.963. The minimum absolute atomic E-state index is 0.0382. The Bertz CT molecular complexity index is 193. The number of carbonyl (C=O) groups excluding carboxylic acids is 1. The maximum atomic E-state index is 11.8. The van der Waals surface area contributed by atoms with Crippen LogP contribution in [0.3, 0.4) is 0 Å². The molecular formula is C12H26N2O2. The number of nitrogens with zero attached hydrogens (tertiary/aromatic N) is 1. The molecule has 0 rings (SSSR count). The van der Waals surface area contributed by atoms with Gasteiger partial charge < -0.3 is 10.4 Å². The summed E-state index contributed by atoms with van der Waals surface area (Å²) in [6.45, 7) is 10.0. The normalized spacial score (nSPS) is 14.9. The highest BCUT2D eigenvalue weighted by atomic mass is 16.3. The van der Waals surface area contributed by atoms with Crippen LogP contribution in [0, 0.1) is 5.92 Å². The lowest BCUT2D eigenvalue weighted by atomic mass is 9.99. The van der Waals surface area contributed by atoms with Gasteiger partial charge in [0.15, 0.2) is 0 Å². The van der Waals surface area contributed by atoms with E-state index in [9.17, 15) is 9.90 Å². The molecule has 0 aromatic carbocycles. The lowest BCUT2D eigenvalue weighted by Gasteiger charge is -2.30. The first kappa shape index (κ1) is 15.4. The summed E-state index contributed by atoms with van der Waals surface area (Å²) in [5.41, 5.74) is 0. The van der Waals surface area contributed by atoms with E-state index in [1.54, 1.807) is 0 Å². The van der Waals surface area contributed by atoms with E-state index in [1.165, 1.54) is 0 Å². The van der Waals surface area contributed by atoms with Gasteiger partial charge in [0.25, 0.3) is 0 Å². The SMILES string of the molecule is CCCC(C(=O)NCC)C(O)N(CC)CC. The number of carbonyl (C=O) groups is 1. The minimum atomic E-state index is -0.665. The summed E-state index contributed by atoms with van der Waals surface area (Å²) in [4.78, 5) is 13.7. The lowest BCUT2D eigenvalue weighted by molar-refractivity contribution is -0.135. The van der Waals surface area contributed by atoms with Crippen LogP contribution in [0.2, 0.25) is 0 Å². The number of amides is 1. The molecule has 0 spiro atoms. The van der Waals surface area contributed by atoms with Gasteiger partial charge in [-0.25, -0.2) is 0 Å². The van der Waals surface area contributed by atoms with Crippen molar-refractivity contribution in [3.05, 3.63) is 0 Å². The molecule has 0 aliphatic rings. The van der Waals surface area contributed by atoms with E-state index in [-0.39, 0.29) is 11.8 Å². The molecular weight excluding hydrogens is 204 g/mol. The van der Waals surface area contributed by atoms with Crippen molar-refractivity contribution in [1.82, 2.24) is 10.2 Å². The topological polar surface area (TPSA) is 52.6 Å². The van der Waals surface area contributed by atoms with Gasteiger partial charge >= 0.3 is 0 Å². The second-order valence-corrected chi connectivity index (χ2v) is 3.92. The van der Waals surface area contributed by atoms with E-state index in [0.29, 0.717) is 6.54 Å². The molecule has 4 nitrogen and oxygen atoms in total. The van der Waals surface area contributed by atoms with Gasteiger partial charge in [0.2, 0.25) is 5.91 Å². The summed E-state index contributed by atoms with van der Waals surface area (Å²) >= 11 is 0. The minimum Gasteiger partial charge on any atom is -0.378 e. The zero-order chi connectivity index (χ0) is 12.6. The van der Waals surface area contributed by atoms with Crippen LogP contribution in [0.25, 0.3) is 0 Å². The quantitative estimate of drug-likeness (QED) is 0.616. The molecule has 0 heterocycles. The molecule has 0 bridgehead atoms. The first-order valence-electron chi connectivity index (χ1n) is 6.32. The molecule has 16 heavy (non-hydrogen) atoms. The second kappa shape index (κ2) is 8.53. The Hall–Kier alpha value is -0.610. The molecule has 0 aliphatic carbocycles. The standard InChI is InChI=1S/C12H26N2O2/c1-5-9-10(11(15)13-6-2)12(16)14(7-3)8-4/h10,12,16H,5-9H2,1-4H3,(H,13,15). The fourth-order valence-electron chi connectivity index (χ4n) is 1.88. The Morgan fingerprint density at radius 1 is 1.25 bits per heavy atom. The van der Waals surface area contributed by atoms with Gasteiger partial charge in [-0.3, -0.25) is 9.69 Å². The first-order valence-corrected chi connectivity index (χ1v) is 6.32. The van der Waals surface area contributed by atoms with E-state index in [0.717, 1.165) is 25.9 Å². The van der Waals surface area contributed by atoms with E-state index >= 15 is 0 Å². The summed E-state index contributed by atoms with van der Waals surface area (Å²) < 4.78 is 0. The summed E-state index contributed by atoms with van der Waals surface area (Å²) in [5, 5.41) is 13.0. The highest BCUT2D eigenvalue weighted by molar-refractivity contribution is 5.79. The number of nitrogens with one attached hydrogen (secondary N) is 1. The predicted molar refractivity (Wildman–Crippen MR) is 66.0 cm³/mol. The molecule has 0 fully saturated rings. The van der Waals surface area contributed by atoms with Crippen molar-refractivity contribution in [2.24, 2.45) is 5.92 Å². The Kier molecular flexibility index (Phi) is 8.21. The van der Waals surface area contributed by atoms with Crippen LogP contribution < -0.4 is 5.32 Å². The molecule has 2 N–H and O–H groups in total. The Morgan fingerprint density at radius 3 is 2.19 bits per heavy atom. The fraction of sp³-hybridized carbons (Fsp3) is 0.917. The average Bonchev–Trinajstić information content (AvgIpc) is 2.27. The van der Waals surface area contributed by atoms with Crippen LogP contribution in [0.15, 0.2) is 0 Å². The van der Waals surface area contributed by atoms with Crippen LogP contribution in [-0.4, -0.2) is 41.8 Å². The third-order valence-corrected chi connectivity index (χ3v) is 2.83. The molecule has 0 aliphatic heterocycles. The predicted octanol–water partition coefficient (Wildman–Crippen LogP) is 1.20. The van der Waals surface area contributed by atoms with Gasteiger partial charge in [0.05, 0.1) is 5.92 Å². The molecule has 0 aromatic rings. The molecule has 96 valence electrons. The van der Waals surface area contributed by atoms with Crippen LogP contribution in [0.5, 0.6) is 0 Å². The molecule has 0 saturated heterocycles. The van der Waals surface area contributed by atoms with Crippen molar-refractivity contribution in [1.29, 1.82) is 0 Å². The third-order valence-electron chi connectivity index (χ3n) is 2.83. The third kappa shape index (κ3) is 4.49. The molecule has 0 saturated carbocycles. The van der Waals surface area contributed by atoms with Gasteiger partial charge in [0.1, 0.15) is 6.23 Å². The highest BCUT2D eigenvalue weighted by Gasteiger charge is 2.28. The van der Waals surface area contributed by atoms with Crippen molar-refractivity contribution in [3.8, 4) is 0 Å². The average molecular weight is 230 g/mol. The second-order valence-electron chi connectivity index (χ2n) is 3.92. The Morgan fingerprint density at radius 2 is 1.81 bits per heavy atom. The van der Waals surface area contributed by atoms with Crippen molar-refractivity contribution in [2.75, 3.05) is 19.6 Å². The van der Waals surface area contributed by atoms with E-state index in [1.807, 2.05) is 32.6 Å². The van der Waals surface area contributed by atoms with E-state index < -0.39 is 6.23 Å². The number of aliphatic hydroxyl groups is 1. The maximum absolute atomic E-state index is 11.8. The van der Waals surface area contributed by atoms with Gasteiger partial charge in [-0.05, 0) is 26.4 Å². The summed E-state index contributed by atoms with van der Waals surface area (Å²) in [6, 6.07) is 0. The van der Waals surface area contributed by atoms with Crippen molar-refractivity contribution in [2.45, 2.75) is 46.8 Å². The largest absolute Gasteiger partial charge is 0.378 e. The molecule has 2 atom stereocenters. The van der Waals surface area contributed by atoms with E-state index in [2.05, 4.69) is 5.32 Å². The first-order chi connectivity index (χ1) is 7.62. The van der Waals surface area contributed by atoms with Crippen molar-refractivity contribution >= 4 is 5.91 Å². The zero-order valence-electron chi connectivity index (χ0n) is 11.0. The van der Waals surface area contributed by atoms with Crippen LogP contribution >= 0.6 is 0 Å². The Labute approximate surface area is 99.0 Å². The maximum Gasteiger partial charge on any atom is 0.227 e. The van der Waals surface area contributed by atoms with Crippen LogP contribution in [0.1, 0.15) is 40.5 Å². The smallest absolute Gasteiger partial charge is 0.227 e. The number of hydrogen-bond acceptors (Lipinski definition) is 3. The van der Waals surface area contributed by atoms with E-state index in [4.69, 9.17) is 0 Å². The molecule has 0 aromatic heterocycles. The molecule has 0 radical (unpaired) electrons. The van der Waals surface area contributed by atoms with Gasteiger partial charge in [-0.1, -0.05) is 27.2 Å². The van der Waals surface area contributed by atoms with Gasteiger partial charge in [0, 0.05) is 6.54 Å². The monoisotopic (exact) mass is 230 g/mol. The highest BCUT2D eigenvalue weighted by Crippen LogP contribution is 2.15. The molecule has 4 heteroatoms. The lowest BCUT2D eigenvalue weighted by Crippen LogP contribution is -2.46. The number of hydrogen-bond donors (Lipinski definition) is 2. The van der Waals surface area contributed by atoms with Gasteiger partial charge in [-0.2, -0.15) is 0 Å². The number of aliphatic hydroxyl groups excluding tert-OH is 1. The number of rotatable bonds is 8. The van der Waals surface area contributed by atoms with Crippen LogP contribution in [-0.2, 0) is 4.79 Å². The zero-order valence-corrected chi connectivity index (χ0v) is 11.0. The molecule has 2 unspecified atom stereocenters. The summed E-state index contributed by atoms with van der Waals surface area (Å²) in [7, 11) is 0. The van der Waals surface area contributed by atoms with Crippen molar-refractivity contribution < 1.29 is 9.90 Å².